The molecule has 6 nitrogen and oxygen atoms in total. The van der Waals surface area contributed by atoms with Gasteiger partial charge in [-0.2, -0.15) is 0 Å². The first kappa shape index (κ1) is 17.5. The van der Waals surface area contributed by atoms with E-state index in [0.717, 1.165) is 5.56 Å². The van der Waals surface area contributed by atoms with Gasteiger partial charge in [-0.15, -0.1) is 0 Å². The van der Waals surface area contributed by atoms with Crippen LogP contribution in [-0.4, -0.2) is 17.7 Å². The lowest BCUT2D eigenvalue weighted by molar-refractivity contribution is -0.121. The highest BCUT2D eigenvalue weighted by atomic mass is 35.5. The third-order valence-electron chi connectivity index (χ3n) is 3.04. The summed E-state index contributed by atoms with van der Waals surface area (Å²) in [7, 11) is 0. The highest BCUT2D eigenvalue weighted by Gasteiger charge is 2.08. The number of nitrogens with one attached hydrogen (secondary N) is 3. The van der Waals surface area contributed by atoms with E-state index in [-0.39, 0.29) is 18.2 Å². The molecule has 0 saturated heterocycles. The average Bonchev–Trinajstić information content (AvgIpc) is 2.54. The van der Waals surface area contributed by atoms with Crippen molar-refractivity contribution in [3.8, 4) is 0 Å². The second-order valence-corrected chi connectivity index (χ2v) is 5.50. The van der Waals surface area contributed by atoms with Crippen molar-refractivity contribution in [2.45, 2.75) is 13.3 Å². The Morgan fingerprint density at radius 2 is 1.71 bits per heavy atom. The van der Waals surface area contributed by atoms with Crippen LogP contribution < -0.4 is 16.2 Å². The van der Waals surface area contributed by atoms with Crippen LogP contribution >= 0.6 is 11.6 Å². The molecule has 0 atom stereocenters. The highest BCUT2D eigenvalue weighted by Crippen LogP contribution is 2.11. The van der Waals surface area contributed by atoms with E-state index in [1.807, 2.05) is 0 Å². The van der Waals surface area contributed by atoms with E-state index in [1.54, 1.807) is 42.5 Å². The molecule has 0 aliphatic carbocycles. The summed E-state index contributed by atoms with van der Waals surface area (Å²) in [6.07, 6.45) is 0.0934. The molecule has 0 spiro atoms. The van der Waals surface area contributed by atoms with Crippen molar-refractivity contribution in [2.24, 2.45) is 0 Å². The van der Waals surface area contributed by atoms with Gasteiger partial charge in [0.15, 0.2) is 0 Å². The lowest BCUT2D eigenvalue weighted by atomic mass is 10.1. The number of hydrogen-bond donors (Lipinski definition) is 3. The number of halogens is 1. The first-order valence-electron chi connectivity index (χ1n) is 7.15. The van der Waals surface area contributed by atoms with E-state index < -0.39 is 5.91 Å². The molecule has 3 amide bonds. The maximum Gasteiger partial charge on any atom is 0.269 e. The SMILES string of the molecule is CC(=O)Nc1ccc(CC(=O)NNC(=O)c2cccc(Cl)c2)cc1. The maximum absolute atomic E-state index is 11.9. The third-order valence-corrected chi connectivity index (χ3v) is 3.28. The minimum atomic E-state index is -0.452. The van der Waals surface area contributed by atoms with Gasteiger partial charge in [0.2, 0.25) is 11.8 Å². The largest absolute Gasteiger partial charge is 0.326 e. The Bertz CT molecular complexity index is 760. The van der Waals surface area contributed by atoms with Crippen molar-refractivity contribution in [2.75, 3.05) is 5.32 Å². The van der Waals surface area contributed by atoms with Gasteiger partial charge in [0.1, 0.15) is 0 Å². The molecule has 0 heterocycles. The fourth-order valence-electron chi connectivity index (χ4n) is 1.97. The Labute approximate surface area is 144 Å². The molecule has 0 fully saturated rings. The predicted octanol–water partition coefficient (Wildman–Crippen LogP) is 2.30. The highest BCUT2D eigenvalue weighted by molar-refractivity contribution is 6.30. The van der Waals surface area contributed by atoms with Crippen LogP contribution in [0.2, 0.25) is 5.02 Å². The first-order valence-corrected chi connectivity index (χ1v) is 7.53. The van der Waals surface area contributed by atoms with Gasteiger partial charge >= 0.3 is 0 Å². The number of amides is 3. The minimum absolute atomic E-state index is 0.0934. The van der Waals surface area contributed by atoms with Gasteiger partial charge in [-0.25, -0.2) is 0 Å². The molecular formula is C17H16ClN3O3. The molecule has 24 heavy (non-hydrogen) atoms. The molecule has 0 aliphatic rings. The Hall–Kier alpha value is -2.86. The molecular weight excluding hydrogens is 330 g/mol. The summed E-state index contributed by atoms with van der Waals surface area (Å²) in [5, 5.41) is 3.08. The molecule has 0 aliphatic heterocycles. The molecule has 124 valence electrons. The summed E-state index contributed by atoms with van der Waals surface area (Å²) in [5.41, 5.74) is 6.43. The minimum Gasteiger partial charge on any atom is -0.326 e. The molecule has 0 saturated carbocycles. The van der Waals surface area contributed by atoms with Gasteiger partial charge < -0.3 is 5.32 Å². The number of carbonyl (C=O) groups is 3. The van der Waals surface area contributed by atoms with Crippen molar-refractivity contribution in [1.29, 1.82) is 0 Å². The van der Waals surface area contributed by atoms with Crippen LogP contribution in [0.4, 0.5) is 5.69 Å². The van der Waals surface area contributed by atoms with Crippen molar-refractivity contribution in [3.63, 3.8) is 0 Å². The zero-order valence-corrected chi connectivity index (χ0v) is 13.7. The van der Waals surface area contributed by atoms with Crippen molar-refractivity contribution in [1.82, 2.24) is 10.9 Å². The number of hydrazine groups is 1. The van der Waals surface area contributed by atoms with Crippen LogP contribution in [0.5, 0.6) is 0 Å². The zero-order valence-electron chi connectivity index (χ0n) is 12.9. The standard InChI is InChI=1S/C17H16ClN3O3/c1-11(22)19-15-7-5-12(6-8-15)9-16(23)20-21-17(24)13-3-2-4-14(18)10-13/h2-8,10H,9H2,1H3,(H,19,22)(H,20,23)(H,21,24). The number of anilines is 1. The summed E-state index contributed by atoms with van der Waals surface area (Å²) < 4.78 is 0. The molecule has 2 aromatic rings. The van der Waals surface area contributed by atoms with Crippen molar-refractivity contribution in [3.05, 3.63) is 64.7 Å². The zero-order chi connectivity index (χ0) is 17.5. The van der Waals surface area contributed by atoms with Gasteiger partial charge in [0.25, 0.3) is 5.91 Å². The summed E-state index contributed by atoms with van der Waals surface area (Å²) in [6.45, 7) is 1.42. The maximum atomic E-state index is 11.9. The Morgan fingerprint density at radius 1 is 1.00 bits per heavy atom. The van der Waals surface area contributed by atoms with E-state index >= 15 is 0 Å². The topological polar surface area (TPSA) is 87.3 Å². The van der Waals surface area contributed by atoms with E-state index in [4.69, 9.17) is 11.6 Å². The molecule has 0 radical (unpaired) electrons. The van der Waals surface area contributed by atoms with Crippen LogP contribution in [0.3, 0.4) is 0 Å². The fraction of sp³-hybridized carbons (Fsp3) is 0.118. The van der Waals surface area contributed by atoms with E-state index in [2.05, 4.69) is 16.2 Å². The molecule has 0 unspecified atom stereocenters. The van der Waals surface area contributed by atoms with Gasteiger partial charge in [-0.1, -0.05) is 29.8 Å². The number of hydrogen-bond acceptors (Lipinski definition) is 3. The fourth-order valence-corrected chi connectivity index (χ4v) is 2.16. The van der Waals surface area contributed by atoms with Crippen molar-refractivity contribution < 1.29 is 14.4 Å². The summed E-state index contributed by atoms with van der Waals surface area (Å²) in [5.74, 6) is -0.978. The second kappa shape index (κ2) is 8.12. The van der Waals surface area contributed by atoms with Gasteiger partial charge in [0, 0.05) is 23.2 Å². The summed E-state index contributed by atoms with van der Waals surface area (Å²) >= 11 is 5.81. The van der Waals surface area contributed by atoms with Gasteiger partial charge in [-0.3, -0.25) is 25.2 Å². The predicted molar refractivity (Wildman–Crippen MR) is 91.5 cm³/mol. The van der Waals surface area contributed by atoms with E-state index in [0.29, 0.717) is 16.3 Å². The molecule has 0 bridgehead atoms. The number of benzene rings is 2. The van der Waals surface area contributed by atoms with Crippen LogP contribution in [-0.2, 0) is 16.0 Å². The quantitative estimate of drug-likeness (QED) is 0.743. The third kappa shape index (κ3) is 5.40. The van der Waals surface area contributed by atoms with Crippen LogP contribution in [0, 0.1) is 0 Å². The lowest BCUT2D eigenvalue weighted by Crippen LogP contribution is -2.42. The number of rotatable bonds is 4. The van der Waals surface area contributed by atoms with Gasteiger partial charge in [-0.05, 0) is 35.9 Å². The van der Waals surface area contributed by atoms with Crippen LogP contribution in [0.1, 0.15) is 22.8 Å². The Balaban J connectivity index is 1.84. The number of carbonyl (C=O) groups excluding carboxylic acids is 3. The van der Waals surface area contributed by atoms with Crippen LogP contribution in [0.15, 0.2) is 48.5 Å². The molecule has 0 aromatic heterocycles. The van der Waals surface area contributed by atoms with Crippen LogP contribution in [0.25, 0.3) is 0 Å². The first-order chi connectivity index (χ1) is 11.4. The lowest BCUT2D eigenvalue weighted by Gasteiger charge is -2.08. The second-order valence-electron chi connectivity index (χ2n) is 5.07. The average molecular weight is 346 g/mol. The molecule has 2 rings (SSSR count). The summed E-state index contributed by atoms with van der Waals surface area (Å²) in [6, 6.07) is 13.3. The van der Waals surface area contributed by atoms with E-state index in [9.17, 15) is 14.4 Å². The smallest absolute Gasteiger partial charge is 0.269 e. The van der Waals surface area contributed by atoms with Crippen molar-refractivity contribution >= 4 is 35.0 Å². The monoisotopic (exact) mass is 345 g/mol. The molecule has 7 heteroatoms. The Morgan fingerprint density at radius 3 is 2.33 bits per heavy atom. The summed E-state index contributed by atoms with van der Waals surface area (Å²) in [4.78, 5) is 34.7. The van der Waals surface area contributed by atoms with E-state index in [1.165, 1.54) is 13.0 Å². The normalized spacial score (nSPS) is 9.92. The molecule has 2 aromatic carbocycles. The van der Waals surface area contributed by atoms with Gasteiger partial charge in [0.05, 0.1) is 6.42 Å². The molecule has 3 N–H and O–H groups in total. The Kier molecular flexibility index (Phi) is 5.92.